The van der Waals surface area contributed by atoms with E-state index in [2.05, 4.69) is 58.7 Å². The van der Waals surface area contributed by atoms with E-state index < -0.39 is 5.01 Å². The summed E-state index contributed by atoms with van der Waals surface area (Å²) in [6.45, 7) is 0. The van der Waals surface area contributed by atoms with Gasteiger partial charge in [-0.2, -0.15) is 0 Å². The molecule has 1 unspecified atom stereocenters. The second kappa shape index (κ2) is 9.55. The monoisotopic (exact) mass is 455 g/mol. The van der Waals surface area contributed by atoms with Crippen LogP contribution in [-0.2, 0) is 0 Å². The van der Waals surface area contributed by atoms with Crippen molar-refractivity contribution < 1.29 is 9.53 Å². The first kappa shape index (κ1) is 20.1. The van der Waals surface area contributed by atoms with Gasteiger partial charge >= 0.3 is 0 Å². The minimum absolute atomic E-state index is 0.107. The zero-order chi connectivity index (χ0) is 20.8. The van der Waals surface area contributed by atoms with Crippen LogP contribution < -0.4 is 4.74 Å². The summed E-state index contributed by atoms with van der Waals surface area (Å²) in [6.07, 6.45) is 2.15. The number of hydrogen-bond donors (Lipinski definition) is 0. The number of hydrogen-bond acceptors (Lipinski definition) is 2. The molecular formula is C27H20BrO2. The molecule has 0 spiro atoms. The van der Waals surface area contributed by atoms with Crippen LogP contribution in [0.5, 0.6) is 5.75 Å². The maximum Gasteiger partial charge on any atom is 0.215 e. The molecule has 0 fully saturated rings. The molecule has 147 valence electrons. The van der Waals surface area contributed by atoms with Crippen LogP contribution in [-0.4, -0.2) is 10.8 Å². The molecule has 0 aliphatic heterocycles. The van der Waals surface area contributed by atoms with Gasteiger partial charge in [-0.3, -0.25) is 4.79 Å². The van der Waals surface area contributed by atoms with Crippen LogP contribution in [0, 0.1) is 6.42 Å². The van der Waals surface area contributed by atoms with E-state index in [1.54, 1.807) is 12.1 Å². The first-order valence-electron chi connectivity index (χ1n) is 9.69. The number of Topliss-reactive ketones (excluding diaryl/α,β-unsaturated/α-hetero) is 1. The van der Waals surface area contributed by atoms with Gasteiger partial charge in [-0.05, 0) is 50.3 Å². The molecule has 4 aromatic rings. The second-order valence-electron chi connectivity index (χ2n) is 6.87. The number of carbonyl (C=O) groups is 1. The van der Waals surface area contributed by atoms with Crippen molar-refractivity contribution in [2.75, 3.05) is 0 Å². The highest BCUT2D eigenvalue weighted by Gasteiger charge is 2.18. The number of rotatable bonds is 7. The summed E-state index contributed by atoms with van der Waals surface area (Å²) < 4.78 is 5.77. The summed E-state index contributed by atoms with van der Waals surface area (Å²) in [6, 6.07) is 35.6. The smallest absolute Gasteiger partial charge is 0.215 e. The lowest BCUT2D eigenvalue weighted by Gasteiger charge is -2.13. The molecule has 3 heteroatoms. The predicted octanol–water partition coefficient (Wildman–Crippen LogP) is 6.94. The minimum atomic E-state index is -0.724. The number of ketones is 1. The first-order valence-corrected chi connectivity index (χ1v) is 10.6. The molecule has 0 bridgehead atoms. The molecule has 1 atom stereocenters. The Bertz CT molecular complexity index is 1090. The molecule has 0 saturated carbocycles. The summed E-state index contributed by atoms with van der Waals surface area (Å²) in [4.78, 5) is 12.4. The van der Waals surface area contributed by atoms with E-state index in [4.69, 9.17) is 4.74 Å². The van der Waals surface area contributed by atoms with Gasteiger partial charge in [-0.1, -0.05) is 97.1 Å². The van der Waals surface area contributed by atoms with E-state index in [1.165, 1.54) is 5.56 Å². The molecule has 0 amide bonds. The van der Waals surface area contributed by atoms with E-state index in [9.17, 15) is 4.79 Å². The third kappa shape index (κ3) is 5.05. The highest BCUT2D eigenvalue weighted by molar-refractivity contribution is 9.09. The van der Waals surface area contributed by atoms with E-state index in [0.717, 1.165) is 16.7 Å². The van der Waals surface area contributed by atoms with Gasteiger partial charge in [0.2, 0.25) is 10.8 Å². The standard InChI is InChI=1S/C27H20BrO2/c28-27(26(29)24-9-5-2-6-10-24)30-25-17-15-23(16-18-25)22-13-11-21(12-14-22)19-20-7-3-1-4-8-20/h1-19,27H. The highest BCUT2D eigenvalue weighted by atomic mass is 79.9. The van der Waals surface area contributed by atoms with Gasteiger partial charge in [0.05, 0.1) is 0 Å². The van der Waals surface area contributed by atoms with Crippen molar-refractivity contribution in [3.63, 3.8) is 0 Å². The average Bonchev–Trinajstić information content (AvgIpc) is 2.81. The number of carbonyl (C=O) groups excluding carboxylic acids is 1. The van der Waals surface area contributed by atoms with Crippen molar-refractivity contribution in [1.82, 2.24) is 0 Å². The van der Waals surface area contributed by atoms with Gasteiger partial charge in [0, 0.05) is 12.0 Å². The SMILES string of the molecule is O=C(c1ccccc1)C(Br)Oc1ccc(-c2ccc([CH]c3ccccc3)cc2)cc1. The molecule has 0 N–H and O–H groups in total. The molecule has 1 radical (unpaired) electrons. The topological polar surface area (TPSA) is 26.3 Å². The molecule has 0 saturated heterocycles. The van der Waals surface area contributed by atoms with Crippen LogP contribution in [0.1, 0.15) is 21.5 Å². The lowest BCUT2D eigenvalue weighted by molar-refractivity contribution is 0.0897. The average molecular weight is 456 g/mol. The summed E-state index contributed by atoms with van der Waals surface area (Å²) in [5.41, 5.74) is 5.17. The normalized spacial score (nSPS) is 11.6. The third-order valence-corrected chi connectivity index (χ3v) is 5.34. The summed E-state index contributed by atoms with van der Waals surface area (Å²) >= 11 is 3.34. The van der Waals surface area contributed by atoms with Crippen LogP contribution >= 0.6 is 15.9 Å². The molecule has 2 nitrogen and oxygen atoms in total. The fraction of sp³-hybridized carbons (Fsp3) is 0.0370. The van der Waals surface area contributed by atoms with Crippen molar-refractivity contribution in [2.24, 2.45) is 0 Å². The lowest BCUT2D eigenvalue weighted by atomic mass is 10.0. The van der Waals surface area contributed by atoms with Crippen molar-refractivity contribution in [3.05, 3.63) is 132 Å². The summed E-state index contributed by atoms with van der Waals surface area (Å²) in [7, 11) is 0. The van der Waals surface area contributed by atoms with E-state index in [0.29, 0.717) is 11.3 Å². The molecule has 30 heavy (non-hydrogen) atoms. The first-order chi connectivity index (χ1) is 14.7. The molecule has 0 aliphatic rings. The highest BCUT2D eigenvalue weighted by Crippen LogP contribution is 2.25. The third-order valence-electron chi connectivity index (χ3n) is 4.74. The number of halogens is 1. The Morgan fingerprint density at radius 3 is 1.77 bits per heavy atom. The quantitative estimate of drug-likeness (QED) is 0.223. The van der Waals surface area contributed by atoms with Crippen LogP contribution in [0.15, 0.2) is 109 Å². The molecule has 0 heterocycles. The largest absolute Gasteiger partial charge is 0.471 e. The maximum atomic E-state index is 12.4. The second-order valence-corrected chi connectivity index (χ2v) is 7.70. The Kier molecular flexibility index (Phi) is 6.41. The van der Waals surface area contributed by atoms with E-state index >= 15 is 0 Å². The maximum absolute atomic E-state index is 12.4. The van der Waals surface area contributed by atoms with Crippen LogP contribution in [0.3, 0.4) is 0 Å². The Morgan fingerprint density at radius 2 is 1.17 bits per heavy atom. The number of benzene rings is 4. The van der Waals surface area contributed by atoms with Crippen molar-refractivity contribution in [2.45, 2.75) is 5.01 Å². The fourth-order valence-electron chi connectivity index (χ4n) is 3.15. The van der Waals surface area contributed by atoms with Crippen molar-refractivity contribution in [3.8, 4) is 16.9 Å². The predicted molar refractivity (Wildman–Crippen MR) is 125 cm³/mol. The number of alkyl halides is 1. The van der Waals surface area contributed by atoms with Crippen LogP contribution in [0.4, 0.5) is 0 Å². The van der Waals surface area contributed by atoms with Gasteiger partial charge in [-0.25, -0.2) is 0 Å². The number of ether oxygens (including phenoxy) is 1. The zero-order valence-electron chi connectivity index (χ0n) is 16.2. The fourth-order valence-corrected chi connectivity index (χ4v) is 3.63. The van der Waals surface area contributed by atoms with Gasteiger partial charge in [0.25, 0.3) is 0 Å². The van der Waals surface area contributed by atoms with Crippen molar-refractivity contribution in [1.29, 1.82) is 0 Å². The zero-order valence-corrected chi connectivity index (χ0v) is 17.8. The molecule has 4 aromatic carbocycles. The van der Waals surface area contributed by atoms with E-state index in [-0.39, 0.29) is 5.78 Å². The Balaban J connectivity index is 1.40. The Morgan fingerprint density at radius 1 is 0.667 bits per heavy atom. The van der Waals surface area contributed by atoms with Crippen LogP contribution in [0.25, 0.3) is 11.1 Å². The Hall–Kier alpha value is -3.17. The van der Waals surface area contributed by atoms with Gasteiger partial charge < -0.3 is 4.74 Å². The molecule has 0 aromatic heterocycles. The molecule has 0 aliphatic carbocycles. The minimum Gasteiger partial charge on any atom is -0.471 e. The molecular weight excluding hydrogens is 436 g/mol. The summed E-state index contributed by atoms with van der Waals surface area (Å²) in [5.74, 6) is 0.531. The van der Waals surface area contributed by atoms with E-state index in [1.807, 2.05) is 60.7 Å². The molecule has 4 rings (SSSR count). The van der Waals surface area contributed by atoms with Gasteiger partial charge in [0.15, 0.2) is 0 Å². The van der Waals surface area contributed by atoms with Gasteiger partial charge in [-0.15, -0.1) is 0 Å². The summed E-state index contributed by atoms with van der Waals surface area (Å²) in [5, 5.41) is -0.724. The van der Waals surface area contributed by atoms with Crippen LogP contribution in [0.2, 0.25) is 0 Å². The van der Waals surface area contributed by atoms with Gasteiger partial charge in [0.1, 0.15) is 5.75 Å². The lowest BCUT2D eigenvalue weighted by Crippen LogP contribution is -2.20. The Labute approximate surface area is 185 Å². The van der Waals surface area contributed by atoms with Crippen molar-refractivity contribution >= 4 is 21.7 Å².